The number of carbonyl (C=O) groups excluding carboxylic acids is 2. The van der Waals surface area contributed by atoms with Crippen molar-refractivity contribution in [1.29, 1.82) is 0 Å². The van der Waals surface area contributed by atoms with E-state index in [2.05, 4.69) is 0 Å². The second kappa shape index (κ2) is 5.82. The molecule has 0 aromatic heterocycles. The number of anilines is 2. The largest absolute Gasteiger partial charge is 0.443 e. The average molecular weight is 309 g/mol. The standard InChI is InChI=1S/C15H20FN3O3/c1-15(2,3)22-14(21)19-7-6-18(9-13(19)20)12-5-4-10(17)8-11(12)16/h4-5,8H,6-7,9,17H2,1-3H3. The normalized spacial score (nSPS) is 15.9. The van der Waals surface area contributed by atoms with Crippen LogP contribution in [0.2, 0.25) is 0 Å². The summed E-state index contributed by atoms with van der Waals surface area (Å²) >= 11 is 0. The Morgan fingerprint density at radius 3 is 2.55 bits per heavy atom. The van der Waals surface area contributed by atoms with E-state index in [9.17, 15) is 14.0 Å². The Morgan fingerprint density at radius 1 is 1.32 bits per heavy atom. The Kier molecular flexibility index (Phi) is 4.25. The molecule has 1 aromatic rings. The van der Waals surface area contributed by atoms with E-state index in [4.69, 9.17) is 10.5 Å². The summed E-state index contributed by atoms with van der Waals surface area (Å²) in [7, 11) is 0. The number of piperazine rings is 1. The molecule has 2 amide bonds. The molecule has 0 aliphatic carbocycles. The minimum atomic E-state index is -0.671. The number of carbonyl (C=O) groups is 2. The van der Waals surface area contributed by atoms with E-state index >= 15 is 0 Å². The van der Waals surface area contributed by atoms with Gasteiger partial charge in [-0.25, -0.2) is 14.1 Å². The van der Waals surface area contributed by atoms with E-state index < -0.39 is 23.4 Å². The summed E-state index contributed by atoms with van der Waals surface area (Å²) in [6.07, 6.45) is -0.671. The lowest BCUT2D eigenvalue weighted by molar-refractivity contribution is -0.130. The SMILES string of the molecule is CC(C)(C)OC(=O)N1CCN(c2ccc(N)cc2F)CC1=O. The first-order valence-electron chi connectivity index (χ1n) is 7.01. The lowest BCUT2D eigenvalue weighted by atomic mass is 10.2. The first-order chi connectivity index (χ1) is 10.2. The molecule has 2 N–H and O–H groups in total. The maximum Gasteiger partial charge on any atom is 0.417 e. The number of imide groups is 1. The molecule has 0 unspecified atom stereocenters. The molecule has 1 aliphatic rings. The summed E-state index contributed by atoms with van der Waals surface area (Å²) in [4.78, 5) is 26.7. The number of nitrogens with zero attached hydrogens (tertiary/aromatic N) is 2. The van der Waals surface area contributed by atoms with Gasteiger partial charge in [-0.3, -0.25) is 4.79 Å². The smallest absolute Gasteiger partial charge is 0.417 e. The van der Waals surface area contributed by atoms with E-state index in [0.717, 1.165) is 4.90 Å². The van der Waals surface area contributed by atoms with Crippen LogP contribution in [0.4, 0.5) is 20.6 Å². The van der Waals surface area contributed by atoms with Crippen molar-refractivity contribution in [2.45, 2.75) is 26.4 Å². The first kappa shape index (κ1) is 16.1. The van der Waals surface area contributed by atoms with Gasteiger partial charge in [0.1, 0.15) is 11.4 Å². The maximum atomic E-state index is 13.9. The molecule has 1 aromatic carbocycles. The Morgan fingerprint density at radius 2 is 2.00 bits per heavy atom. The van der Waals surface area contributed by atoms with Gasteiger partial charge in [0.05, 0.1) is 12.2 Å². The number of halogens is 1. The van der Waals surface area contributed by atoms with Crippen molar-refractivity contribution < 1.29 is 18.7 Å². The van der Waals surface area contributed by atoms with Gasteiger partial charge in [0.2, 0.25) is 0 Å². The number of hydrogen-bond acceptors (Lipinski definition) is 5. The fourth-order valence-corrected chi connectivity index (χ4v) is 2.17. The molecule has 1 heterocycles. The topological polar surface area (TPSA) is 75.9 Å². The number of amides is 2. The van der Waals surface area contributed by atoms with Crippen LogP contribution in [0.3, 0.4) is 0 Å². The summed E-state index contributed by atoms with van der Waals surface area (Å²) in [6.45, 7) is 5.60. The lowest BCUT2D eigenvalue weighted by Gasteiger charge is -2.35. The van der Waals surface area contributed by atoms with Gasteiger partial charge in [-0.1, -0.05) is 0 Å². The summed E-state index contributed by atoms with van der Waals surface area (Å²) in [5, 5.41) is 0. The predicted molar refractivity (Wildman–Crippen MR) is 81.0 cm³/mol. The minimum absolute atomic E-state index is 0.0833. The third-order valence-electron chi connectivity index (χ3n) is 3.15. The third kappa shape index (κ3) is 3.66. The Labute approximate surface area is 128 Å². The van der Waals surface area contributed by atoms with Gasteiger partial charge in [0.25, 0.3) is 5.91 Å². The van der Waals surface area contributed by atoms with Crippen LogP contribution >= 0.6 is 0 Å². The highest BCUT2D eigenvalue weighted by atomic mass is 19.1. The van der Waals surface area contributed by atoms with Crippen LogP contribution in [0.5, 0.6) is 0 Å². The lowest BCUT2D eigenvalue weighted by Crippen LogP contribution is -2.53. The molecule has 0 radical (unpaired) electrons. The minimum Gasteiger partial charge on any atom is -0.443 e. The number of nitrogen functional groups attached to an aromatic ring is 1. The second-order valence-corrected chi connectivity index (χ2v) is 6.16. The molecule has 6 nitrogen and oxygen atoms in total. The number of rotatable bonds is 1. The van der Waals surface area contributed by atoms with E-state index in [-0.39, 0.29) is 13.1 Å². The van der Waals surface area contributed by atoms with Gasteiger partial charge in [-0.2, -0.15) is 0 Å². The number of ether oxygens (including phenoxy) is 1. The van der Waals surface area contributed by atoms with Gasteiger partial charge in [0.15, 0.2) is 0 Å². The molecule has 0 bridgehead atoms. The van der Waals surface area contributed by atoms with E-state index in [1.165, 1.54) is 12.1 Å². The van der Waals surface area contributed by atoms with Gasteiger partial charge >= 0.3 is 6.09 Å². The Bertz CT molecular complexity index is 598. The van der Waals surface area contributed by atoms with Gasteiger partial charge in [-0.15, -0.1) is 0 Å². The molecule has 1 saturated heterocycles. The molecule has 7 heteroatoms. The van der Waals surface area contributed by atoms with E-state index in [1.54, 1.807) is 31.7 Å². The zero-order valence-corrected chi connectivity index (χ0v) is 12.9. The van der Waals surface area contributed by atoms with Crippen LogP contribution in [0, 0.1) is 5.82 Å². The van der Waals surface area contributed by atoms with E-state index in [0.29, 0.717) is 17.9 Å². The van der Waals surface area contributed by atoms with Crippen LogP contribution in [0.25, 0.3) is 0 Å². The van der Waals surface area contributed by atoms with Crippen molar-refractivity contribution in [1.82, 2.24) is 4.90 Å². The molecule has 1 fully saturated rings. The van der Waals surface area contributed by atoms with Crippen molar-refractivity contribution in [2.24, 2.45) is 0 Å². The molecule has 1 aliphatic heterocycles. The Hall–Kier alpha value is -2.31. The van der Waals surface area contributed by atoms with Crippen LogP contribution in [0.1, 0.15) is 20.8 Å². The van der Waals surface area contributed by atoms with Crippen molar-refractivity contribution in [3.8, 4) is 0 Å². The quantitative estimate of drug-likeness (QED) is 0.803. The van der Waals surface area contributed by atoms with Crippen LogP contribution < -0.4 is 10.6 Å². The molecular weight excluding hydrogens is 289 g/mol. The molecule has 120 valence electrons. The van der Waals surface area contributed by atoms with Gasteiger partial charge < -0.3 is 15.4 Å². The maximum absolute atomic E-state index is 13.9. The zero-order valence-electron chi connectivity index (χ0n) is 12.9. The number of hydrogen-bond donors (Lipinski definition) is 1. The van der Waals surface area contributed by atoms with Crippen LogP contribution in [-0.2, 0) is 9.53 Å². The molecule has 0 spiro atoms. The zero-order chi connectivity index (χ0) is 16.5. The molecule has 2 rings (SSSR count). The fraction of sp³-hybridized carbons (Fsp3) is 0.467. The van der Waals surface area contributed by atoms with Gasteiger partial charge in [0, 0.05) is 18.8 Å². The summed E-state index contributed by atoms with van der Waals surface area (Å²) in [6, 6.07) is 4.31. The third-order valence-corrected chi connectivity index (χ3v) is 3.15. The average Bonchev–Trinajstić information content (AvgIpc) is 2.36. The number of benzene rings is 1. The van der Waals surface area contributed by atoms with E-state index in [1.807, 2.05) is 0 Å². The number of nitrogens with two attached hydrogens (primary N) is 1. The summed E-state index contributed by atoms with van der Waals surface area (Å²) in [5.74, 6) is -0.907. The molecule has 0 atom stereocenters. The monoisotopic (exact) mass is 309 g/mol. The highest BCUT2D eigenvalue weighted by molar-refractivity contribution is 5.95. The van der Waals surface area contributed by atoms with Crippen molar-refractivity contribution >= 4 is 23.4 Å². The highest BCUT2D eigenvalue weighted by Crippen LogP contribution is 2.23. The van der Waals surface area contributed by atoms with Crippen molar-refractivity contribution in [3.63, 3.8) is 0 Å². The molecule has 22 heavy (non-hydrogen) atoms. The first-order valence-corrected chi connectivity index (χ1v) is 7.01. The summed E-state index contributed by atoms with van der Waals surface area (Å²) < 4.78 is 19.1. The van der Waals surface area contributed by atoms with Crippen molar-refractivity contribution in [3.05, 3.63) is 24.0 Å². The van der Waals surface area contributed by atoms with Crippen LogP contribution in [0.15, 0.2) is 18.2 Å². The fourth-order valence-electron chi connectivity index (χ4n) is 2.17. The summed E-state index contributed by atoms with van der Waals surface area (Å²) in [5.41, 5.74) is 5.46. The van der Waals surface area contributed by atoms with Crippen molar-refractivity contribution in [2.75, 3.05) is 30.3 Å². The van der Waals surface area contributed by atoms with Gasteiger partial charge in [-0.05, 0) is 39.0 Å². The predicted octanol–water partition coefficient (Wildman–Crippen LogP) is 1.99. The second-order valence-electron chi connectivity index (χ2n) is 6.16. The Balaban J connectivity index is 2.07. The molecule has 0 saturated carbocycles. The highest BCUT2D eigenvalue weighted by Gasteiger charge is 2.32. The molecular formula is C15H20FN3O3. The van der Waals surface area contributed by atoms with Crippen LogP contribution in [-0.4, -0.2) is 42.1 Å².